The fourth-order valence-corrected chi connectivity index (χ4v) is 11.3. The predicted molar refractivity (Wildman–Crippen MR) is 360 cm³/mol. The van der Waals surface area contributed by atoms with E-state index in [-0.39, 0.29) is 19.1 Å². The van der Waals surface area contributed by atoms with Gasteiger partial charge in [0.1, 0.15) is 13.2 Å². The van der Waals surface area contributed by atoms with Gasteiger partial charge < -0.3 is 19.8 Å². The zero-order chi connectivity index (χ0) is 59.8. The van der Waals surface area contributed by atoms with Crippen LogP contribution in [0.2, 0.25) is 0 Å². The van der Waals surface area contributed by atoms with E-state index >= 15 is 0 Å². The molecule has 3 N–H and O–H groups in total. The second-order valence-electron chi connectivity index (χ2n) is 25.2. The summed E-state index contributed by atoms with van der Waals surface area (Å²) in [5.74, 6) is -0.151. The Morgan fingerprint density at radius 3 is 1.07 bits per heavy atom. The normalized spacial score (nSPS) is 14.1. The molecule has 0 aliphatic heterocycles. The van der Waals surface area contributed by atoms with Gasteiger partial charge in [0.25, 0.3) is 0 Å². The van der Waals surface area contributed by atoms with Crippen LogP contribution in [-0.4, -0.2) is 73.4 Å². The van der Waals surface area contributed by atoms with Crippen LogP contribution in [0, 0.1) is 0 Å². The highest BCUT2D eigenvalue weighted by atomic mass is 31.2. The maximum Gasteiger partial charge on any atom is 0.472 e. The van der Waals surface area contributed by atoms with E-state index in [1.807, 2.05) is 21.1 Å². The minimum absolute atomic E-state index is 0.0703. The molecule has 0 heterocycles. The number of quaternary nitrogens is 1. The molecule has 82 heavy (non-hydrogen) atoms. The molecule has 0 aromatic carbocycles. The maximum absolute atomic E-state index is 13.1. The second kappa shape index (κ2) is 63.4. The number of rotatable bonds is 65. The van der Waals surface area contributed by atoms with Crippen molar-refractivity contribution >= 4 is 13.7 Å². The molecule has 3 atom stereocenters. The van der Waals surface area contributed by atoms with Crippen molar-refractivity contribution in [1.82, 2.24) is 5.32 Å². The van der Waals surface area contributed by atoms with Crippen molar-refractivity contribution in [3.8, 4) is 0 Å². The number of nitrogens with one attached hydrogen (secondary N) is 1. The summed E-state index contributed by atoms with van der Waals surface area (Å²) >= 11 is 0. The average molecular weight is 1170 g/mol. The Morgan fingerprint density at radius 2 is 0.732 bits per heavy atom. The second-order valence-corrected chi connectivity index (χ2v) is 26.7. The third-order valence-electron chi connectivity index (χ3n) is 16.0. The van der Waals surface area contributed by atoms with E-state index in [2.05, 4.69) is 92.1 Å². The molecule has 3 unspecified atom stereocenters. The Bertz CT molecular complexity index is 1570. The van der Waals surface area contributed by atoms with Crippen molar-refractivity contribution in [2.24, 2.45) is 0 Å². The van der Waals surface area contributed by atoms with Crippen LogP contribution in [0.25, 0.3) is 0 Å². The molecular weight excluding hydrogens is 1030 g/mol. The highest BCUT2D eigenvalue weighted by molar-refractivity contribution is 7.47. The van der Waals surface area contributed by atoms with Crippen LogP contribution in [0.3, 0.4) is 0 Å². The smallest absolute Gasteiger partial charge is 0.391 e. The van der Waals surface area contributed by atoms with Crippen molar-refractivity contribution in [3.05, 3.63) is 72.9 Å². The fraction of sp³-hybridized carbons (Fsp3) is 0.822. The Labute approximate surface area is 510 Å². The first kappa shape index (κ1) is 79.9. The van der Waals surface area contributed by atoms with Gasteiger partial charge in [0.15, 0.2) is 0 Å². The van der Waals surface area contributed by atoms with E-state index in [0.29, 0.717) is 23.9 Å². The number of unbranched alkanes of at least 4 members (excludes halogenated alkanes) is 40. The van der Waals surface area contributed by atoms with Crippen LogP contribution in [0.15, 0.2) is 72.9 Å². The van der Waals surface area contributed by atoms with Gasteiger partial charge in [-0.05, 0) is 64.2 Å². The van der Waals surface area contributed by atoms with Gasteiger partial charge in [-0.15, -0.1) is 0 Å². The van der Waals surface area contributed by atoms with Gasteiger partial charge in [0.2, 0.25) is 5.91 Å². The number of hydrogen-bond donors (Lipinski definition) is 3. The minimum Gasteiger partial charge on any atom is -0.391 e. The summed E-state index contributed by atoms with van der Waals surface area (Å²) in [4.78, 5) is 23.5. The molecular formula is C73H138N2O6P+. The van der Waals surface area contributed by atoms with Gasteiger partial charge in [-0.3, -0.25) is 13.8 Å². The highest BCUT2D eigenvalue weighted by Gasteiger charge is 2.28. The number of nitrogens with zero attached hydrogens (tertiary/aromatic N) is 1. The topological polar surface area (TPSA) is 105 Å². The average Bonchev–Trinajstić information content (AvgIpc) is 3.45. The zero-order valence-electron chi connectivity index (χ0n) is 55.0. The number of aliphatic hydroxyl groups is 1. The van der Waals surface area contributed by atoms with Crippen LogP contribution < -0.4 is 5.32 Å². The van der Waals surface area contributed by atoms with E-state index in [9.17, 15) is 19.4 Å². The summed E-state index contributed by atoms with van der Waals surface area (Å²) < 4.78 is 23.9. The van der Waals surface area contributed by atoms with Crippen molar-refractivity contribution in [3.63, 3.8) is 0 Å². The molecule has 0 fully saturated rings. The zero-order valence-corrected chi connectivity index (χ0v) is 55.9. The van der Waals surface area contributed by atoms with Crippen LogP contribution in [-0.2, 0) is 18.4 Å². The van der Waals surface area contributed by atoms with E-state index in [0.717, 1.165) is 83.5 Å². The van der Waals surface area contributed by atoms with Crippen LogP contribution >= 0.6 is 7.82 Å². The largest absolute Gasteiger partial charge is 0.472 e. The van der Waals surface area contributed by atoms with Crippen LogP contribution in [0.1, 0.15) is 335 Å². The molecule has 8 nitrogen and oxygen atoms in total. The Morgan fingerprint density at radius 1 is 0.427 bits per heavy atom. The molecule has 9 heteroatoms. The molecule has 1 amide bonds. The number of aliphatic hydroxyl groups excluding tert-OH is 1. The molecule has 0 bridgehead atoms. The molecule has 0 aliphatic rings. The summed E-state index contributed by atoms with van der Waals surface area (Å²) in [6.45, 7) is 4.80. The highest BCUT2D eigenvalue weighted by Crippen LogP contribution is 2.43. The van der Waals surface area contributed by atoms with E-state index in [1.165, 1.54) is 225 Å². The first-order valence-electron chi connectivity index (χ1n) is 35.3. The lowest BCUT2D eigenvalue weighted by atomic mass is 10.0. The monoisotopic (exact) mass is 1170 g/mol. The summed E-state index contributed by atoms with van der Waals surface area (Å²) in [5, 5.41) is 14.1. The molecule has 480 valence electrons. The lowest BCUT2D eigenvalue weighted by Gasteiger charge is -2.26. The number of phosphoric ester groups is 1. The third-order valence-corrected chi connectivity index (χ3v) is 17.0. The van der Waals surface area contributed by atoms with Gasteiger partial charge in [0, 0.05) is 6.42 Å². The third kappa shape index (κ3) is 65.5. The number of carbonyl (C=O) groups excluding carboxylic acids is 1. The summed E-state index contributed by atoms with van der Waals surface area (Å²) in [6.07, 6.45) is 88.6. The van der Waals surface area contributed by atoms with Crippen molar-refractivity contribution in [2.45, 2.75) is 347 Å². The molecule has 0 saturated heterocycles. The number of hydrogen-bond acceptors (Lipinski definition) is 5. The van der Waals surface area contributed by atoms with Crippen molar-refractivity contribution in [1.29, 1.82) is 0 Å². The Hall–Kier alpha value is -2.06. The lowest BCUT2D eigenvalue weighted by molar-refractivity contribution is -0.870. The van der Waals surface area contributed by atoms with E-state index < -0.39 is 20.0 Å². The predicted octanol–water partition coefficient (Wildman–Crippen LogP) is 22.6. The SMILES string of the molecule is CC/C=C\C/C=C\C/C=C\C/C=C\C/C=C\C/C=C\CCCCCCCCCCC(=O)NC(COP(=O)(O)OCC[N+](C)(C)C)C(O)CCCCCCCCCCCCCCCCCCCCCCCCCCCCCCCCCCC. The summed E-state index contributed by atoms with van der Waals surface area (Å²) in [7, 11) is 1.61. The number of carbonyl (C=O) groups is 1. The van der Waals surface area contributed by atoms with E-state index in [4.69, 9.17) is 9.05 Å². The molecule has 0 aromatic rings. The number of amides is 1. The Balaban J connectivity index is 4.05. The van der Waals surface area contributed by atoms with Crippen molar-refractivity contribution < 1.29 is 32.9 Å². The molecule has 0 spiro atoms. The van der Waals surface area contributed by atoms with Gasteiger partial charge in [-0.2, -0.15) is 0 Å². The molecule has 0 rings (SSSR count). The van der Waals surface area contributed by atoms with Crippen LogP contribution in [0.4, 0.5) is 0 Å². The maximum atomic E-state index is 13.1. The molecule has 0 radical (unpaired) electrons. The van der Waals surface area contributed by atoms with E-state index in [1.54, 1.807) is 0 Å². The van der Waals surface area contributed by atoms with Gasteiger partial charge in [-0.25, -0.2) is 4.57 Å². The first-order valence-corrected chi connectivity index (χ1v) is 36.8. The molecule has 0 saturated carbocycles. The van der Waals surface area contributed by atoms with Crippen molar-refractivity contribution in [2.75, 3.05) is 40.9 Å². The van der Waals surface area contributed by atoms with Gasteiger partial charge in [-0.1, -0.05) is 337 Å². The quantitative estimate of drug-likeness (QED) is 0.0243. The summed E-state index contributed by atoms with van der Waals surface area (Å²) in [5.41, 5.74) is 0. The van der Waals surface area contributed by atoms with Crippen LogP contribution in [0.5, 0.6) is 0 Å². The lowest BCUT2D eigenvalue weighted by Crippen LogP contribution is -2.46. The fourth-order valence-electron chi connectivity index (χ4n) is 10.5. The number of allylic oxidation sites excluding steroid dienone is 12. The van der Waals surface area contributed by atoms with Gasteiger partial charge in [0.05, 0.1) is 39.9 Å². The van der Waals surface area contributed by atoms with Gasteiger partial charge >= 0.3 is 7.82 Å². The molecule has 0 aliphatic carbocycles. The Kier molecular flexibility index (Phi) is 61.8. The first-order chi connectivity index (χ1) is 40.0. The summed E-state index contributed by atoms with van der Waals surface area (Å²) in [6, 6.07) is -0.772. The standard InChI is InChI=1S/C73H137N2O6P/c1-6-8-10-12-14-16-18-20-22-24-26-28-30-32-34-35-36-37-38-39-41-42-44-46-48-50-52-54-56-58-60-62-64-66-72(76)71(70-81-82(78,79)80-69-68-75(3,4)5)74-73(77)67-65-63-61-59-57-55-53-51-49-47-45-43-40-33-31-29-27-25-23-21-19-17-15-13-11-9-7-2/h9,11,15,17,21,23,27,29,33,40,45,47,71-72,76H,6-8,10,12-14,16,18-20,22,24-26,28,30-32,34-39,41-44,46,48-70H2,1-5H3,(H-,74,77,78,79)/p+1/b11-9-,17-15-,23-21-,29-27-,40-33-,47-45-. The molecule has 0 aromatic heterocycles. The minimum atomic E-state index is -4.34. The number of likely N-dealkylation sites (N-methyl/N-ethyl adjacent to an activating group) is 1. The number of phosphoric acid groups is 1.